The van der Waals surface area contributed by atoms with Gasteiger partial charge in [0.05, 0.1) is 12.8 Å². The highest BCUT2D eigenvalue weighted by Crippen LogP contribution is 2.27. The van der Waals surface area contributed by atoms with Crippen LogP contribution in [-0.4, -0.2) is 19.6 Å². The van der Waals surface area contributed by atoms with Gasteiger partial charge in [-0.1, -0.05) is 13.3 Å². The van der Waals surface area contributed by atoms with E-state index in [0.717, 1.165) is 10.9 Å². The molecule has 0 aliphatic carbocycles. The van der Waals surface area contributed by atoms with E-state index in [9.17, 15) is 4.79 Å². The second-order valence-electron chi connectivity index (χ2n) is 4.11. The fraction of sp³-hybridized carbons (Fsp3) is 0.462. The van der Waals surface area contributed by atoms with E-state index in [-0.39, 0.29) is 11.8 Å². The Kier molecular flexibility index (Phi) is 6.15. The fourth-order valence-electron chi connectivity index (χ4n) is 1.58. The van der Waals surface area contributed by atoms with Gasteiger partial charge < -0.3 is 15.8 Å². The lowest BCUT2D eigenvalue weighted by atomic mass is 10.0. The average Bonchev–Trinajstić information content (AvgIpc) is 2.38. The van der Waals surface area contributed by atoms with Gasteiger partial charge in [-0.25, -0.2) is 0 Å². The quantitative estimate of drug-likeness (QED) is 0.848. The maximum absolute atomic E-state index is 11.9. The van der Waals surface area contributed by atoms with Gasteiger partial charge in [0.25, 0.3) is 0 Å². The molecule has 0 fully saturated rings. The Bertz CT molecular complexity index is 406. The second-order valence-corrected chi connectivity index (χ2v) is 4.96. The number of ether oxygens (including phenoxy) is 1. The molecule has 0 aliphatic heterocycles. The third-order valence-electron chi connectivity index (χ3n) is 2.83. The summed E-state index contributed by atoms with van der Waals surface area (Å²) in [6.07, 6.45) is 1.35. The largest absolute Gasteiger partial charge is 0.497 e. The Morgan fingerprint density at radius 1 is 1.56 bits per heavy atom. The molecule has 0 aromatic heterocycles. The number of anilines is 1. The molecule has 100 valence electrons. The molecule has 1 rings (SSSR count). The Hall–Kier alpha value is -1.07. The molecule has 1 unspecified atom stereocenters. The summed E-state index contributed by atoms with van der Waals surface area (Å²) in [5.74, 6) is 0.912. The minimum Gasteiger partial charge on any atom is -0.497 e. The van der Waals surface area contributed by atoms with Crippen LogP contribution in [0.5, 0.6) is 5.75 Å². The van der Waals surface area contributed by atoms with Crippen molar-refractivity contribution in [3.8, 4) is 5.75 Å². The van der Waals surface area contributed by atoms with Crippen LogP contribution in [0.25, 0.3) is 0 Å². The molecular formula is C13H19BrN2O2. The highest BCUT2D eigenvalue weighted by atomic mass is 79.9. The van der Waals surface area contributed by atoms with Crippen LogP contribution in [0.1, 0.15) is 19.8 Å². The first-order valence-electron chi connectivity index (χ1n) is 5.94. The second kappa shape index (κ2) is 7.38. The number of carbonyl (C=O) groups excluding carboxylic acids is 1. The van der Waals surface area contributed by atoms with Gasteiger partial charge in [0, 0.05) is 17.0 Å². The van der Waals surface area contributed by atoms with Gasteiger partial charge in [-0.3, -0.25) is 4.79 Å². The van der Waals surface area contributed by atoms with Gasteiger partial charge in [0.1, 0.15) is 5.75 Å². The van der Waals surface area contributed by atoms with Gasteiger partial charge in [-0.05, 0) is 40.5 Å². The molecule has 0 aliphatic rings. The molecule has 0 heterocycles. The van der Waals surface area contributed by atoms with Crippen LogP contribution in [0.2, 0.25) is 0 Å². The van der Waals surface area contributed by atoms with E-state index in [0.29, 0.717) is 24.4 Å². The fourth-order valence-corrected chi connectivity index (χ4v) is 1.93. The van der Waals surface area contributed by atoms with Crippen molar-refractivity contribution < 1.29 is 9.53 Å². The predicted octanol–water partition coefficient (Wildman–Crippen LogP) is 2.77. The summed E-state index contributed by atoms with van der Waals surface area (Å²) in [4.78, 5) is 11.9. The monoisotopic (exact) mass is 314 g/mol. The van der Waals surface area contributed by atoms with Gasteiger partial charge in [0.2, 0.25) is 5.91 Å². The summed E-state index contributed by atoms with van der Waals surface area (Å²) < 4.78 is 5.95. The first-order valence-corrected chi connectivity index (χ1v) is 6.73. The third kappa shape index (κ3) is 4.31. The maximum atomic E-state index is 11.9. The molecular weight excluding hydrogens is 296 g/mol. The van der Waals surface area contributed by atoms with Gasteiger partial charge in [-0.15, -0.1) is 0 Å². The number of amides is 1. The van der Waals surface area contributed by atoms with Gasteiger partial charge in [-0.2, -0.15) is 0 Å². The number of halogens is 1. The molecule has 0 saturated carbocycles. The number of rotatable bonds is 6. The number of nitrogens with two attached hydrogens (primary N) is 1. The number of methoxy groups -OCH3 is 1. The van der Waals surface area contributed by atoms with Crippen molar-refractivity contribution in [2.45, 2.75) is 19.8 Å². The van der Waals surface area contributed by atoms with Crippen LogP contribution in [0.15, 0.2) is 22.7 Å². The van der Waals surface area contributed by atoms with Gasteiger partial charge >= 0.3 is 0 Å². The molecule has 1 aromatic rings. The molecule has 0 radical (unpaired) electrons. The first kappa shape index (κ1) is 15.0. The highest BCUT2D eigenvalue weighted by molar-refractivity contribution is 9.10. The van der Waals surface area contributed by atoms with Crippen LogP contribution in [0.3, 0.4) is 0 Å². The SMILES string of the molecule is CCC(CN)CC(=O)Nc1cc(OC)ccc1Br. The van der Waals surface area contributed by atoms with Crippen molar-refractivity contribution >= 4 is 27.5 Å². The molecule has 18 heavy (non-hydrogen) atoms. The Labute approximate surface area is 116 Å². The van der Waals surface area contributed by atoms with Crippen LogP contribution in [-0.2, 0) is 4.79 Å². The van der Waals surface area contributed by atoms with Crippen molar-refractivity contribution in [1.82, 2.24) is 0 Å². The molecule has 4 nitrogen and oxygen atoms in total. The van der Waals surface area contributed by atoms with E-state index < -0.39 is 0 Å². The summed E-state index contributed by atoms with van der Waals surface area (Å²) in [5.41, 5.74) is 6.31. The minimum atomic E-state index is -0.0266. The number of hydrogen-bond acceptors (Lipinski definition) is 3. The molecule has 0 spiro atoms. The smallest absolute Gasteiger partial charge is 0.224 e. The highest BCUT2D eigenvalue weighted by Gasteiger charge is 2.12. The standard InChI is InChI=1S/C13H19BrN2O2/c1-3-9(8-15)6-13(17)16-12-7-10(18-2)4-5-11(12)14/h4-5,7,9H,3,6,8,15H2,1-2H3,(H,16,17). The molecule has 1 atom stereocenters. The Balaban J connectivity index is 2.69. The summed E-state index contributed by atoms with van der Waals surface area (Å²) >= 11 is 3.39. The normalized spacial score (nSPS) is 12.0. The number of carbonyl (C=O) groups is 1. The molecule has 3 N–H and O–H groups in total. The third-order valence-corrected chi connectivity index (χ3v) is 3.52. The average molecular weight is 315 g/mol. The van der Waals surface area contributed by atoms with Crippen molar-refractivity contribution in [2.24, 2.45) is 11.7 Å². The zero-order valence-electron chi connectivity index (χ0n) is 10.7. The topological polar surface area (TPSA) is 64.4 Å². The van der Waals surface area contributed by atoms with Crippen LogP contribution in [0, 0.1) is 5.92 Å². The summed E-state index contributed by atoms with van der Waals surface area (Å²) in [6.45, 7) is 2.56. The van der Waals surface area contributed by atoms with E-state index in [1.165, 1.54) is 0 Å². The zero-order chi connectivity index (χ0) is 13.5. The van der Waals surface area contributed by atoms with Crippen LogP contribution in [0.4, 0.5) is 5.69 Å². The summed E-state index contributed by atoms with van der Waals surface area (Å²) in [5, 5.41) is 2.86. The number of hydrogen-bond donors (Lipinski definition) is 2. The van der Waals surface area contributed by atoms with Crippen molar-refractivity contribution in [3.05, 3.63) is 22.7 Å². The summed E-state index contributed by atoms with van der Waals surface area (Å²) in [6, 6.07) is 5.45. The van der Waals surface area contributed by atoms with E-state index in [2.05, 4.69) is 21.2 Å². The van der Waals surface area contributed by atoms with E-state index in [4.69, 9.17) is 10.5 Å². The molecule has 1 amide bonds. The Morgan fingerprint density at radius 2 is 2.28 bits per heavy atom. The lowest BCUT2D eigenvalue weighted by Crippen LogP contribution is -2.21. The van der Waals surface area contributed by atoms with E-state index in [1.54, 1.807) is 13.2 Å². The van der Waals surface area contributed by atoms with Crippen molar-refractivity contribution in [2.75, 3.05) is 19.0 Å². The molecule has 0 saturated heterocycles. The lowest BCUT2D eigenvalue weighted by molar-refractivity contribution is -0.117. The van der Waals surface area contributed by atoms with Crippen LogP contribution >= 0.6 is 15.9 Å². The van der Waals surface area contributed by atoms with Crippen molar-refractivity contribution in [3.63, 3.8) is 0 Å². The van der Waals surface area contributed by atoms with Gasteiger partial charge in [0.15, 0.2) is 0 Å². The maximum Gasteiger partial charge on any atom is 0.224 e. The summed E-state index contributed by atoms with van der Waals surface area (Å²) in [7, 11) is 1.59. The molecule has 5 heteroatoms. The molecule has 0 bridgehead atoms. The van der Waals surface area contributed by atoms with E-state index in [1.807, 2.05) is 19.1 Å². The minimum absolute atomic E-state index is 0.0266. The number of benzene rings is 1. The molecule has 1 aromatic carbocycles. The van der Waals surface area contributed by atoms with E-state index >= 15 is 0 Å². The van der Waals surface area contributed by atoms with Crippen LogP contribution < -0.4 is 15.8 Å². The first-order chi connectivity index (χ1) is 8.60. The number of nitrogens with one attached hydrogen (secondary N) is 1. The van der Waals surface area contributed by atoms with Crippen molar-refractivity contribution in [1.29, 1.82) is 0 Å². The predicted molar refractivity (Wildman–Crippen MR) is 76.8 cm³/mol. The zero-order valence-corrected chi connectivity index (χ0v) is 12.3. The Morgan fingerprint density at radius 3 is 2.83 bits per heavy atom. The lowest BCUT2D eigenvalue weighted by Gasteiger charge is -2.13.